The van der Waals surface area contributed by atoms with Crippen LogP contribution in [0.5, 0.6) is 0 Å². The molecule has 2 rings (SSSR count). The van der Waals surface area contributed by atoms with Crippen LogP contribution in [0.3, 0.4) is 0 Å². The monoisotopic (exact) mass is 383 g/mol. The van der Waals surface area contributed by atoms with Crippen LogP contribution in [0.2, 0.25) is 0 Å². The van der Waals surface area contributed by atoms with E-state index < -0.39 is 30.0 Å². The summed E-state index contributed by atoms with van der Waals surface area (Å²) >= 11 is 0. The largest absolute Gasteiger partial charge is 0.445 e. The average Bonchev–Trinajstić information content (AvgIpc) is 2.71. The summed E-state index contributed by atoms with van der Waals surface area (Å²) in [5.41, 5.74) is 6.99. The number of nitrogens with one attached hydrogen (secondary N) is 2. The fourth-order valence-corrected chi connectivity index (χ4v) is 2.61. The summed E-state index contributed by atoms with van der Waals surface area (Å²) in [6.45, 7) is 1.83. The number of benzene rings is 2. The van der Waals surface area contributed by atoms with Gasteiger partial charge in [0.15, 0.2) is 0 Å². The minimum atomic E-state index is -0.904. The van der Waals surface area contributed by atoms with Crippen LogP contribution in [0.4, 0.5) is 4.79 Å². The molecule has 2 atom stereocenters. The molecular formula is C21H25N3O4. The average molecular weight is 383 g/mol. The molecule has 0 heterocycles. The highest BCUT2D eigenvalue weighted by Crippen LogP contribution is 2.06. The Kier molecular flexibility index (Phi) is 8.02. The zero-order valence-corrected chi connectivity index (χ0v) is 15.8. The zero-order chi connectivity index (χ0) is 20.4. The Labute approximate surface area is 164 Å². The Morgan fingerprint density at radius 2 is 1.46 bits per heavy atom. The third kappa shape index (κ3) is 6.75. The normalized spacial score (nSPS) is 12.5. The van der Waals surface area contributed by atoms with Crippen molar-refractivity contribution in [3.05, 3.63) is 71.8 Å². The second-order valence-corrected chi connectivity index (χ2v) is 6.32. The smallest absolute Gasteiger partial charge is 0.408 e. The van der Waals surface area contributed by atoms with Gasteiger partial charge in [0.05, 0.1) is 0 Å². The number of ether oxygens (including phenoxy) is 1. The third-order valence-electron chi connectivity index (χ3n) is 4.17. The maximum Gasteiger partial charge on any atom is 0.408 e. The quantitative estimate of drug-likeness (QED) is 0.614. The summed E-state index contributed by atoms with van der Waals surface area (Å²) in [7, 11) is 0. The zero-order valence-electron chi connectivity index (χ0n) is 15.8. The van der Waals surface area contributed by atoms with Crippen LogP contribution in [0, 0.1) is 0 Å². The lowest BCUT2D eigenvalue weighted by Crippen LogP contribution is -2.53. The molecule has 0 fully saturated rings. The van der Waals surface area contributed by atoms with Crippen LogP contribution in [0.25, 0.3) is 0 Å². The van der Waals surface area contributed by atoms with E-state index in [1.807, 2.05) is 60.7 Å². The molecule has 0 aliphatic rings. The van der Waals surface area contributed by atoms with Crippen molar-refractivity contribution in [3.8, 4) is 0 Å². The van der Waals surface area contributed by atoms with E-state index in [1.165, 1.54) is 0 Å². The molecule has 2 aromatic rings. The van der Waals surface area contributed by atoms with E-state index in [0.717, 1.165) is 11.1 Å². The highest BCUT2D eigenvalue weighted by molar-refractivity contribution is 5.90. The van der Waals surface area contributed by atoms with E-state index in [0.29, 0.717) is 6.42 Å². The van der Waals surface area contributed by atoms with Crippen LogP contribution in [0.1, 0.15) is 24.5 Å². The maximum absolute atomic E-state index is 12.6. The van der Waals surface area contributed by atoms with E-state index in [4.69, 9.17) is 10.5 Å². The highest BCUT2D eigenvalue weighted by Gasteiger charge is 2.25. The number of carbonyl (C=O) groups excluding carboxylic acids is 3. The van der Waals surface area contributed by atoms with Gasteiger partial charge in [-0.25, -0.2) is 4.79 Å². The number of hydrogen-bond acceptors (Lipinski definition) is 4. The Balaban J connectivity index is 2.03. The second kappa shape index (κ2) is 10.7. The molecule has 7 heteroatoms. The summed E-state index contributed by atoms with van der Waals surface area (Å²) < 4.78 is 5.20. The van der Waals surface area contributed by atoms with Crippen molar-refractivity contribution in [2.24, 2.45) is 5.73 Å². The second-order valence-electron chi connectivity index (χ2n) is 6.32. The topological polar surface area (TPSA) is 111 Å². The summed E-state index contributed by atoms with van der Waals surface area (Å²) in [6, 6.07) is 16.8. The Hall–Kier alpha value is -3.35. The molecule has 2 aromatic carbocycles. The van der Waals surface area contributed by atoms with Gasteiger partial charge < -0.3 is 21.1 Å². The van der Waals surface area contributed by atoms with Gasteiger partial charge >= 0.3 is 6.09 Å². The highest BCUT2D eigenvalue weighted by atomic mass is 16.5. The molecule has 3 amide bonds. The number of hydrogen-bond donors (Lipinski definition) is 3. The van der Waals surface area contributed by atoms with Crippen molar-refractivity contribution in [1.82, 2.24) is 10.6 Å². The van der Waals surface area contributed by atoms with Gasteiger partial charge in [-0.15, -0.1) is 0 Å². The van der Waals surface area contributed by atoms with Crippen molar-refractivity contribution in [2.75, 3.05) is 0 Å². The van der Waals surface area contributed by atoms with Gasteiger partial charge in [0, 0.05) is 6.42 Å². The molecule has 0 saturated carbocycles. The van der Waals surface area contributed by atoms with Crippen molar-refractivity contribution >= 4 is 17.9 Å². The van der Waals surface area contributed by atoms with Gasteiger partial charge in [0.2, 0.25) is 11.8 Å². The van der Waals surface area contributed by atoms with E-state index in [1.54, 1.807) is 6.92 Å². The maximum atomic E-state index is 12.6. The first-order valence-electron chi connectivity index (χ1n) is 9.10. The van der Waals surface area contributed by atoms with Gasteiger partial charge in [-0.3, -0.25) is 9.59 Å². The Bertz CT molecular complexity index is 781. The number of alkyl carbamates (subject to hydrolysis) is 1. The van der Waals surface area contributed by atoms with Crippen LogP contribution < -0.4 is 16.4 Å². The molecule has 0 bridgehead atoms. The molecule has 0 unspecified atom stereocenters. The Morgan fingerprint density at radius 3 is 2.00 bits per heavy atom. The lowest BCUT2D eigenvalue weighted by molar-refractivity contribution is -0.128. The van der Waals surface area contributed by atoms with Crippen LogP contribution in [-0.2, 0) is 27.4 Å². The third-order valence-corrected chi connectivity index (χ3v) is 4.17. The van der Waals surface area contributed by atoms with E-state index in [-0.39, 0.29) is 13.0 Å². The number of nitrogens with two attached hydrogens (primary N) is 1. The number of carbonyl (C=O) groups is 3. The molecule has 0 aliphatic carbocycles. The molecule has 28 heavy (non-hydrogen) atoms. The summed E-state index contributed by atoms with van der Waals surface area (Å²) in [5, 5.41) is 5.16. The Morgan fingerprint density at radius 1 is 0.893 bits per heavy atom. The molecular weight excluding hydrogens is 358 g/mol. The lowest BCUT2D eigenvalue weighted by Gasteiger charge is -2.21. The van der Waals surface area contributed by atoms with E-state index in [2.05, 4.69) is 10.6 Å². The van der Waals surface area contributed by atoms with Gasteiger partial charge in [0.25, 0.3) is 0 Å². The van der Waals surface area contributed by atoms with Crippen molar-refractivity contribution < 1.29 is 19.1 Å². The number of primary amides is 1. The number of amides is 3. The van der Waals surface area contributed by atoms with Crippen molar-refractivity contribution in [2.45, 2.75) is 38.5 Å². The first kappa shape index (κ1) is 21.0. The van der Waals surface area contributed by atoms with E-state index in [9.17, 15) is 14.4 Å². The minimum Gasteiger partial charge on any atom is -0.445 e. The lowest BCUT2D eigenvalue weighted by atomic mass is 10.0. The van der Waals surface area contributed by atoms with Gasteiger partial charge in [-0.2, -0.15) is 0 Å². The SMILES string of the molecule is CC[C@H](NC(=O)[C@@H](Cc1ccccc1)NC(=O)OCc1ccccc1)C(N)=O. The van der Waals surface area contributed by atoms with Crippen LogP contribution >= 0.6 is 0 Å². The van der Waals surface area contributed by atoms with Crippen molar-refractivity contribution in [3.63, 3.8) is 0 Å². The minimum absolute atomic E-state index is 0.0885. The number of rotatable bonds is 9. The molecule has 0 aromatic heterocycles. The fraction of sp³-hybridized carbons (Fsp3) is 0.286. The van der Waals surface area contributed by atoms with Gasteiger partial charge in [-0.1, -0.05) is 67.6 Å². The van der Waals surface area contributed by atoms with Crippen LogP contribution in [-0.4, -0.2) is 30.0 Å². The summed E-state index contributed by atoms with van der Waals surface area (Å²) in [6.07, 6.45) is -0.105. The molecule has 148 valence electrons. The van der Waals surface area contributed by atoms with Gasteiger partial charge in [-0.05, 0) is 17.5 Å². The standard InChI is InChI=1S/C21H25N3O4/c1-2-17(19(22)25)23-20(26)18(13-15-9-5-3-6-10-15)24-21(27)28-14-16-11-7-4-8-12-16/h3-12,17-18H,2,13-14H2,1H3,(H2,22,25)(H,23,26)(H,24,27)/t17-,18+/m0/s1. The molecule has 0 saturated heterocycles. The van der Waals surface area contributed by atoms with Gasteiger partial charge in [0.1, 0.15) is 18.7 Å². The first-order valence-corrected chi connectivity index (χ1v) is 9.10. The molecule has 7 nitrogen and oxygen atoms in total. The van der Waals surface area contributed by atoms with Crippen molar-refractivity contribution in [1.29, 1.82) is 0 Å². The molecule has 0 aliphatic heterocycles. The summed E-state index contributed by atoms with van der Waals surface area (Å²) in [4.78, 5) is 36.3. The molecule has 0 radical (unpaired) electrons. The molecule has 4 N–H and O–H groups in total. The fourth-order valence-electron chi connectivity index (χ4n) is 2.61. The predicted molar refractivity (Wildman–Crippen MR) is 105 cm³/mol. The predicted octanol–water partition coefficient (Wildman–Crippen LogP) is 1.90. The summed E-state index contributed by atoms with van der Waals surface area (Å²) in [5.74, 6) is -1.12. The first-order chi connectivity index (χ1) is 13.5. The van der Waals surface area contributed by atoms with Crippen LogP contribution in [0.15, 0.2) is 60.7 Å². The molecule has 0 spiro atoms. The van der Waals surface area contributed by atoms with E-state index >= 15 is 0 Å².